The summed E-state index contributed by atoms with van der Waals surface area (Å²) in [5.74, 6) is 1.44. The fourth-order valence-corrected chi connectivity index (χ4v) is 2.85. The summed E-state index contributed by atoms with van der Waals surface area (Å²) in [6.45, 7) is 5.29. The third-order valence-corrected chi connectivity index (χ3v) is 4.26. The zero-order chi connectivity index (χ0) is 11.5. The Balaban J connectivity index is 1.85. The van der Waals surface area contributed by atoms with Crippen molar-refractivity contribution in [3.63, 3.8) is 0 Å². The highest BCUT2D eigenvalue weighted by molar-refractivity contribution is 5.81. The molecule has 1 N–H and O–H groups in total. The molecule has 1 amide bonds. The highest BCUT2D eigenvalue weighted by Crippen LogP contribution is 2.29. The van der Waals surface area contributed by atoms with E-state index in [0.29, 0.717) is 12.0 Å². The Kier molecular flexibility index (Phi) is 3.85. The zero-order valence-electron chi connectivity index (χ0n) is 10.4. The Bertz CT molecular complexity index is 248. The van der Waals surface area contributed by atoms with Gasteiger partial charge >= 0.3 is 0 Å². The van der Waals surface area contributed by atoms with Gasteiger partial charge in [-0.15, -0.1) is 0 Å². The number of hydrogen-bond donors (Lipinski definition) is 1. The molecule has 3 heteroatoms. The molecule has 1 aliphatic heterocycles. The third-order valence-electron chi connectivity index (χ3n) is 4.26. The summed E-state index contributed by atoms with van der Waals surface area (Å²) in [6, 6.07) is 0.362. The molecule has 16 heavy (non-hydrogen) atoms. The summed E-state index contributed by atoms with van der Waals surface area (Å²) < 4.78 is 5.41. The van der Waals surface area contributed by atoms with Crippen LogP contribution in [0.15, 0.2) is 0 Å². The molecule has 0 radical (unpaired) electrons. The molecule has 3 nitrogen and oxygen atoms in total. The number of hydrogen-bond acceptors (Lipinski definition) is 2. The topological polar surface area (TPSA) is 38.3 Å². The maximum Gasteiger partial charge on any atom is 0.249 e. The van der Waals surface area contributed by atoms with Crippen molar-refractivity contribution in [1.29, 1.82) is 0 Å². The minimum absolute atomic E-state index is 0.114. The molecular weight excluding hydrogens is 202 g/mol. The van der Waals surface area contributed by atoms with Gasteiger partial charge in [0.2, 0.25) is 5.91 Å². The van der Waals surface area contributed by atoms with Crippen LogP contribution in [-0.2, 0) is 9.53 Å². The van der Waals surface area contributed by atoms with Gasteiger partial charge in [-0.1, -0.05) is 26.7 Å². The van der Waals surface area contributed by atoms with Crippen molar-refractivity contribution in [1.82, 2.24) is 5.32 Å². The molecule has 0 aromatic heterocycles. The SMILES string of the molecule is CC1CCCC(NC(=O)C2CCCO2)C1C. The minimum atomic E-state index is -0.176. The molecule has 0 bridgehead atoms. The maximum atomic E-state index is 11.9. The van der Waals surface area contributed by atoms with Gasteiger partial charge in [-0.2, -0.15) is 0 Å². The largest absolute Gasteiger partial charge is 0.368 e. The van der Waals surface area contributed by atoms with Crippen LogP contribution in [0, 0.1) is 11.8 Å². The predicted molar refractivity (Wildman–Crippen MR) is 63.1 cm³/mol. The number of rotatable bonds is 2. The van der Waals surface area contributed by atoms with E-state index in [1.54, 1.807) is 0 Å². The molecule has 0 aromatic carbocycles. The van der Waals surface area contributed by atoms with Crippen molar-refractivity contribution in [2.24, 2.45) is 11.8 Å². The molecule has 2 aliphatic rings. The van der Waals surface area contributed by atoms with Crippen molar-refractivity contribution in [3.8, 4) is 0 Å². The second-order valence-corrected chi connectivity index (χ2v) is 5.38. The van der Waals surface area contributed by atoms with Crippen LogP contribution in [0.25, 0.3) is 0 Å². The Morgan fingerprint density at radius 3 is 2.69 bits per heavy atom. The molecule has 2 fully saturated rings. The van der Waals surface area contributed by atoms with Gasteiger partial charge < -0.3 is 10.1 Å². The summed E-state index contributed by atoms with van der Waals surface area (Å²) >= 11 is 0. The van der Waals surface area contributed by atoms with Gasteiger partial charge in [0, 0.05) is 12.6 Å². The van der Waals surface area contributed by atoms with Gasteiger partial charge in [0.05, 0.1) is 0 Å². The van der Waals surface area contributed by atoms with Crippen molar-refractivity contribution in [2.45, 2.75) is 58.1 Å². The smallest absolute Gasteiger partial charge is 0.249 e. The van der Waals surface area contributed by atoms with Crippen LogP contribution in [0.3, 0.4) is 0 Å². The second kappa shape index (κ2) is 5.17. The van der Waals surface area contributed by atoms with Crippen LogP contribution >= 0.6 is 0 Å². The van der Waals surface area contributed by atoms with Gasteiger partial charge in [-0.25, -0.2) is 0 Å². The van der Waals surface area contributed by atoms with E-state index >= 15 is 0 Å². The summed E-state index contributed by atoms with van der Waals surface area (Å²) in [6.07, 6.45) is 5.40. The Morgan fingerprint density at radius 2 is 2.00 bits per heavy atom. The molecule has 92 valence electrons. The summed E-state index contributed by atoms with van der Waals surface area (Å²) in [5.41, 5.74) is 0. The van der Waals surface area contributed by atoms with Crippen LogP contribution in [0.1, 0.15) is 46.0 Å². The summed E-state index contributed by atoms with van der Waals surface area (Å²) in [7, 11) is 0. The van der Waals surface area contributed by atoms with E-state index in [-0.39, 0.29) is 12.0 Å². The minimum Gasteiger partial charge on any atom is -0.368 e. The Hall–Kier alpha value is -0.570. The van der Waals surface area contributed by atoms with Crippen molar-refractivity contribution in [2.75, 3.05) is 6.61 Å². The lowest BCUT2D eigenvalue weighted by Gasteiger charge is -2.35. The molecule has 1 saturated carbocycles. The molecule has 1 saturated heterocycles. The standard InChI is InChI=1S/C13H23NO2/c1-9-5-3-6-11(10(9)2)14-13(15)12-7-4-8-16-12/h9-12H,3-8H2,1-2H3,(H,14,15). The van der Waals surface area contributed by atoms with E-state index in [9.17, 15) is 4.79 Å². The number of carbonyl (C=O) groups is 1. The zero-order valence-corrected chi connectivity index (χ0v) is 10.4. The first kappa shape index (κ1) is 11.9. The average molecular weight is 225 g/mol. The molecule has 2 rings (SSSR count). The molecule has 0 aromatic rings. The number of ether oxygens (including phenoxy) is 1. The Labute approximate surface area is 97.9 Å². The summed E-state index contributed by atoms with van der Waals surface area (Å²) in [5, 5.41) is 3.18. The van der Waals surface area contributed by atoms with Crippen LogP contribution in [-0.4, -0.2) is 24.7 Å². The molecule has 1 heterocycles. The molecule has 1 aliphatic carbocycles. The van der Waals surface area contributed by atoms with Gasteiger partial charge in [0.25, 0.3) is 0 Å². The molecule has 0 spiro atoms. The summed E-state index contributed by atoms with van der Waals surface area (Å²) in [4.78, 5) is 11.9. The first-order valence-electron chi connectivity index (χ1n) is 6.60. The fraction of sp³-hybridized carbons (Fsp3) is 0.923. The second-order valence-electron chi connectivity index (χ2n) is 5.38. The quantitative estimate of drug-likeness (QED) is 0.781. The van der Waals surface area contributed by atoms with Crippen molar-refractivity contribution in [3.05, 3.63) is 0 Å². The normalized spacial score (nSPS) is 39.6. The predicted octanol–water partition coefficient (Wildman–Crippen LogP) is 2.11. The van der Waals surface area contributed by atoms with Crippen molar-refractivity contribution < 1.29 is 9.53 Å². The third kappa shape index (κ3) is 2.57. The number of carbonyl (C=O) groups excluding carboxylic acids is 1. The van der Waals surface area contributed by atoms with Gasteiger partial charge in [0.15, 0.2) is 0 Å². The lowest BCUT2D eigenvalue weighted by atomic mass is 9.78. The van der Waals surface area contributed by atoms with Gasteiger partial charge in [0.1, 0.15) is 6.10 Å². The van der Waals surface area contributed by atoms with Gasteiger partial charge in [-0.3, -0.25) is 4.79 Å². The monoisotopic (exact) mass is 225 g/mol. The first-order chi connectivity index (χ1) is 7.68. The highest BCUT2D eigenvalue weighted by atomic mass is 16.5. The van der Waals surface area contributed by atoms with E-state index in [0.717, 1.165) is 31.8 Å². The number of amides is 1. The van der Waals surface area contributed by atoms with Crippen molar-refractivity contribution >= 4 is 5.91 Å². The van der Waals surface area contributed by atoms with Crippen LogP contribution in [0.2, 0.25) is 0 Å². The van der Waals surface area contributed by atoms with E-state index in [1.165, 1.54) is 12.8 Å². The van der Waals surface area contributed by atoms with E-state index in [4.69, 9.17) is 4.74 Å². The number of nitrogens with one attached hydrogen (secondary N) is 1. The molecular formula is C13H23NO2. The molecule has 4 unspecified atom stereocenters. The first-order valence-corrected chi connectivity index (χ1v) is 6.60. The lowest BCUT2D eigenvalue weighted by molar-refractivity contribution is -0.131. The fourth-order valence-electron chi connectivity index (χ4n) is 2.85. The maximum absolute atomic E-state index is 11.9. The van der Waals surface area contributed by atoms with Crippen LogP contribution in [0.4, 0.5) is 0 Å². The van der Waals surface area contributed by atoms with Crippen LogP contribution < -0.4 is 5.32 Å². The lowest BCUT2D eigenvalue weighted by Crippen LogP contribution is -2.47. The van der Waals surface area contributed by atoms with Gasteiger partial charge in [-0.05, 0) is 31.1 Å². The Morgan fingerprint density at radius 1 is 1.19 bits per heavy atom. The average Bonchev–Trinajstić information content (AvgIpc) is 2.78. The van der Waals surface area contributed by atoms with E-state index in [1.807, 2.05) is 0 Å². The van der Waals surface area contributed by atoms with Crippen LogP contribution in [0.5, 0.6) is 0 Å². The van der Waals surface area contributed by atoms with E-state index in [2.05, 4.69) is 19.2 Å². The molecule has 4 atom stereocenters. The van der Waals surface area contributed by atoms with E-state index < -0.39 is 0 Å². The highest BCUT2D eigenvalue weighted by Gasteiger charge is 2.31.